The number of amides is 2. The van der Waals surface area contributed by atoms with Crippen molar-refractivity contribution < 1.29 is 9.59 Å². The summed E-state index contributed by atoms with van der Waals surface area (Å²) in [6.45, 7) is 2.42. The van der Waals surface area contributed by atoms with Gasteiger partial charge >= 0.3 is 0 Å². The SMILES string of the molecule is CN(C(=O)CN1CCCC1)c1ccc(NC(=C2C(=O)Nc3cc(Cl)ccc32)c2ccccc2)cc1. The first kappa shape index (κ1) is 23.1. The number of rotatable bonds is 6. The van der Waals surface area contributed by atoms with Crippen molar-refractivity contribution >= 4 is 51.7 Å². The molecule has 2 heterocycles. The number of carbonyl (C=O) groups excluding carboxylic acids is 2. The normalized spacial score (nSPS) is 16.6. The van der Waals surface area contributed by atoms with Crippen LogP contribution in [0.15, 0.2) is 72.8 Å². The van der Waals surface area contributed by atoms with Crippen LogP contribution in [0.2, 0.25) is 5.02 Å². The first-order chi connectivity index (χ1) is 17.0. The molecule has 2 amide bonds. The second-order valence-electron chi connectivity index (χ2n) is 8.87. The predicted octanol–water partition coefficient (Wildman–Crippen LogP) is 5.33. The van der Waals surface area contributed by atoms with Gasteiger partial charge in [-0.05, 0) is 67.9 Å². The molecular formula is C28H27ClN4O2. The van der Waals surface area contributed by atoms with Crippen molar-refractivity contribution in [1.82, 2.24) is 4.90 Å². The first-order valence-electron chi connectivity index (χ1n) is 11.8. The third-order valence-corrected chi connectivity index (χ3v) is 6.73. The first-order valence-corrected chi connectivity index (χ1v) is 12.1. The minimum atomic E-state index is -0.183. The van der Waals surface area contributed by atoms with E-state index in [9.17, 15) is 9.59 Å². The number of nitrogens with one attached hydrogen (secondary N) is 2. The summed E-state index contributed by atoms with van der Waals surface area (Å²) in [6, 6.07) is 22.8. The third-order valence-electron chi connectivity index (χ3n) is 6.49. The van der Waals surface area contributed by atoms with Crippen LogP contribution in [0.25, 0.3) is 11.3 Å². The average molecular weight is 487 g/mol. The zero-order valence-corrected chi connectivity index (χ0v) is 20.3. The number of carbonyl (C=O) groups is 2. The topological polar surface area (TPSA) is 64.7 Å². The second kappa shape index (κ2) is 9.94. The predicted molar refractivity (Wildman–Crippen MR) is 142 cm³/mol. The van der Waals surface area contributed by atoms with Crippen LogP contribution in [0.3, 0.4) is 0 Å². The lowest BCUT2D eigenvalue weighted by molar-refractivity contribution is -0.119. The highest BCUT2D eigenvalue weighted by Crippen LogP contribution is 2.38. The highest BCUT2D eigenvalue weighted by Gasteiger charge is 2.28. The summed E-state index contributed by atoms with van der Waals surface area (Å²) in [5.74, 6) is -0.102. The maximum Gasteiger partial charge on any atom is 0.258 e. The van der Waals surface area contributed by atoms with Gasteiger partial charge in [0.05, 0.1) is 23.5 Å². The van der Waals surface area contributed by atoms with Crippen LogP contribution in [-0.2, 0) is 9.59 Å². The Hall–Kier alpha value is -3.61. The van der Waals surface area contributed by atoms with Gasteiger partial charge in [0, 0.05) is 29.0 Å². The molecule has 2 aliphatic rings. The molecule has 1 fully saturated rings. The number of likely N-dealkylation sites (tertiary alicyclic amines) is 1. The Bertz CT molecular complexity index is 1280. The van der Waals surface area contributed by atoms with Gasteiger partial charge in [-0.15, -0.1) is 0 Å². The Morgan fingerprint density at radius 3 is 2.46 bits per heavy atom. The van der Waals surface area contributed by atoms with Crippen LogP contribution < -0.4 is 15.5 Å². The molecule has 1 saturated heterocycles. The van der Waals surface area contributed by atoms with Crippen molar-refractivity contribution in [3.05, 3.63) is 88.9 Å². The summed E-state index contributed by atoms with van der Waals surface area (Å²) in [6.07, 6.45) is 2.32. The van der Waals surface area contributed by atoms with E-state index in [4.69, 9.17) is 11.6 Å². The molecule has 7 heteroatoms. The largest absolute Gasteiger partial charge is 0.354 e. The van der Waals surface area contributed by atoms with Crippen LogP contribution >= 0.6 is 11.6 Å². The molecule has 178 valence electrons. The molecule has 2 aliphatic heterocycles. The fourth-order valence-corrected chi connectivity index (χ4v) is 4.74. The third kappa shape index (κ3) is 4.94. The monoisotopic (exact) mass is 486 g/mol. The maximum absolute atomic E-state index is 13.0. The van der Waals surface area contributed by atoms with E-state index in [-0.39, 0.29) is 11.8 Å². The van der Waals surface area contributed by atoms with Crippen LogP contribution in [0.4, 0.5) is 17.1 Å². The highest BCUT2D eigenvalue weighted by molar-refractivity contribution is 6.38. The van der Waals surface area contributed by atoms with Gasteiger partial charge in [0.2, 0.25) is 5.91 Å². The van der Waals surface area contributed by atoms with E-state index in [0.29, 0.717) is 28.5 Å². The molecule has 0 bridgehead atoms. The summed E-state index contributed by atoms with van der Waals surface area (Å²) in [5.41, 5.74) is 5.29. The van der Waals surface area contributed by atoms with E-state index in [0.717, 1.165) is 48.4 Å². The van der Waals surface area contributed by atoms with E-state index in [1.807, 2.05) is 67.7 Å². The van der Waals surface area contributed by atoms with Gasteiger partial charge in [-0.3, -0.25) is 14.5 Å². The fourth-order valence-electron chi connectivity index (χ4n) is 4.57. The molecule has 6 nitrogen and oxygen atoms in total. The number of anilines is 3. The standard InChI is InChI=1S/C28H27ClN4O2/c1-32(25(34)18-33-15-5-6-16-33)22-12-10-21(11-13-22)30-27(19-7-3-2-4-8-19)26-23-14-9-20(29)17-24(23)31-28(26)35/h2-4,7-14,17,30H,5-6,15-16,18H2,1H3,(H,31,35). The molecule has 0 aliphatic carbocycles. The molecule has 0 unspecified atom stereocenters. The van der Waals surface area contributed by atoms with Crippen molar-refractivity contribution in [3.63, 3.8) is 0 Å². The lowest BCUT2D eigenvalue weighted by Gasteiger charge is -2.22. The van der Waals surface area contributed by atoms with Crippen molar-refractivity contribution in [2.45, 2.75) is 12.8 Å². The Balaban J connectivity index is 1.43. The van der Waals surface area contributed by atoms with Gasteiger partial charge in [0.15, 0.2) is 0 Å². The molecule has 5 rings (SSSR count). The van der Waals surface area contributed by atoms with E-state index in [2.05, 4.69) is 15.5 Å². The Labute approximate surface area is 210 Å². The smallest absolute Gasteiger partial charge is 0.258 e. The van der Waals surface area contributed by atoms with Crippen LogP contribution in [-0.4, -0.2) is 43.4 Å². The minimum absolute atomic E-state index is 0.0811. The molecule has 2 N–H and O–H groups in total. The van der Waals surface area contributed by atoms with E-state index in [1.54, 1.807) is 17.0 Å². The van der Waals surface area contributed by atoms with Crippen LogP contribution in [0.5, 0.6) is 0 Å². The summed E-state index contributed by atoms with van der Waals surface area (Å²) in [5, 5.41) is 6.94. The van der Waals surface area contributed by atoms with Gasteiger partial charge in [-0.2, -0.15) is 0 Å². The van der Waals surface area contributed by atoms with Crippen molar-refractivity contribution in [3.8, 4) is 0 Å². The van der Waals surface area contributed by atoms with Crippen molar-refractivity contribution in [1.29, 1.82) is 0 Å². The lowest BCUT2D eigenvalue weighted by Crippen LogP contribution is -2.37. The number of nitrogens with zero attached hydrogens (tertiary/aromatic N) is 2. The number of likely N-dealkylation sites (N-methyl/N-ethyl adjacent to an activating group) is 1. The van der Waals surface area contributed by atoms with Crippen molar-refractivity contribution in [2.24, 2.45) is 0 Å². The molecule has 35 heavy (non-hydrogen) atoms. The number of halogens is 1. The summed E-state index contributed by atoms with van der Waals surface area (Å²) in [4.78, 5) is 29.6. The lowest BCUT2D eigenvalue weighted by atomic mass is 10.00. The highest BCUT2D eigenvalue weighted by atomic mass is 35.5. The van der Waals surface area contributed by atoms with Crippen LogP contribution in [0, 0.1) is 0 Å². The summed E-state index contributed by atoms with van der Waals surface area (Å²) < 4.78 is 0. The maximum atomic E-state index is 13.0. The van der Waals surface area contributed by atoms with E-state index < -0.39 is 0 Å². The molecule has 0 aromatic heterocycles. The molecule has 0 atom stereocenters. The van der Waals surface area contributed by atoms with Crippen LogP contribution in [0.1, 0.15) is 24.0 Å². The number of fused-ring (bicyclic) bond motifs is 1. The minimum Gasteiger partial charge on any atom is -0.354 e. The van der Waals surface area contributed by atoms with E-state index in [1.165, 1.54) is 0 Å². The molecule has 3 aromatic rings. The Kier molecular flexibility index (Phi) is 6.57. The average Bonchev–Trinajstić information content (AvgIpc) is 3.49. The van der Waals surface area contributed by atoms with Gasteiger partial charge < -0.3 is 15.5 Å². The van der Waals surface area contributed by atoms with Gasteiger partial charge in [-0.1, -0.05) is 48.0 Å². The summed E-state index contributed by atoms with van der Waals surface area (Å²) >= 11 is 6.14. The van der Waals surface area contributed by atoms with Crippen molar-refractivity contribution in [2.75, 3.05) is 42.2 Å². The zero-order chi connectivity index (χ0) is 24.4. The fraction of sp³-hybridized carbons (Fsp3) is 0.214. The Morgan fingerprint density at radius 2 is 1.74 bits per heavy atom. The van der Waals surface area contributed by atoms with E-state index >= 15 is 0 Å². The van der Waals surface area contributed by atoms with Gasteiger partial charge in [-0.25, -0.2) is 0 Å². The Morgan fingerprint density at radius 1 is 1.03 bits per heavy atom. The molecule has 0 radical (unpaired) electrons. The number of hydrogen-bond donors (Lipinski definition) is 2. The molecular weight excluding hydrogens is 460 g/mol. The van der Waals surface area contributed by atoms with Gasteiger partial charge in [0.25, 0.3) is 5.91 Å². The molecule has 3 aromatic carbocycles. The quantitative estimate of drug-likeness (QED) is 0.462. The second-order valence-corrected chi connectivity index (χ2v) is 9.30. The number of benzene rings is 3. The van der Waals surface area contributed by atoms with Gasteiger partial charge in [0.1, 0.15) is 0 Å². The zero-order valence-electron chi connectivity index (χ0n) is 19.6. The molecule has 0 saturated carbocycles. The molecule has 0 spiro atoms. The number of hydrogen-bond acceptors (Lipinski definition) is 4. The summed E-state index contributed by atoms with van der Waals surface area (Å²) in [7, 11) is 1.81.